The van der Waals surface area contributed by atoms with E-state index in [9.17, 15) is 4.79 Å². The molecule has 0 saturated carbocycles. The van der Waals surface area contributed by atoms with E-state index in [0.29, 0.717) is 13.2 Å². The van der Waals surface area contributed by atoms with Gasteiger partial charge in [-0.05, 0) is 30.7 Å². The minimum Gasteiger partial charge on any atom is -0.493 e. The second-order valence-electron chi connectivity index (χ2n) is 3.66. The van der Waals surface area contributed by atoms with Crippen LogP contribution in [0.4, 0.5) is 0 Å². The molecule has 0 unspecified atom stereocenters. The van der Waals surface area contributed by atoms with Crippen molar-refractivity contribution in [3.63, 3.8) is 0 Å². The van der Waals surface area contributed by atoms with Crippen molar-refractivity contribution in [2.45, 2.75) is 13.3 Å². The van der Waals surface area contributed by atoms with Crippen LogP contribution in [0.1, 0.15) is 18.9 Å². The Kier molecular flexibility index (Phi) is 3.84. The zero-order valence-electron chi connectivity index (χ0n) is 9.53. The standard InChI is InChI=1S/C13H13BrO3/c1-2-16-13(15)7-9-5-6-17-12-8-10(14)3-4-11(9)12/h3-4,7-8H,2,5-6H2,1H3/b9-7+. The molecule has 0 atom stereocenters. The van der Waals surface area contributed by atoms with Gasteiger partial charge in [-0.3, -0.25) is 0 Å². The molecule has 90 valence electrons. The number of ether oxygens (including phenoxy) is 2. The highest BCUT2D eigenvalue weighted by Gasteiger charge is 2.16. The van der Waals surface area contributed by atoms with E-state index >= 15 is 0 Å². The van der Waals surface area contributed by atoms with Crippen LogP contribution in [0.3, 0.4) is 0 Å². The summed E-state index contributed by atoms with van der Waals surface area (Å²) in [6.07, 6.45) is 2.28. The van der Waals surface area contributed by atoms with E-state index in [1.165, 1.54) is 0 Å². The summed E-state index contributed by atoms with van der Waals surface area (Å²) in [5.74, 6) is 0.513. The maximum atomic E-state index is 11.4. The number of rotatable bonds is 2. The molecule has 1 aliphatic rings. The van der Waals surface area contributed by atoms with Crippen molar-refractivity contribution in [3.8, 4) is 5.75 Å². The minimum atomic E-state index is -0.293. The summed E-state index contributed by atoms with van der Waals surface area (Å²) in [6, 6.07) is 5.80. The number of esters is 1. The highest BCUT2D eigenvalue weighted by atomic mass is 79.9. The normalized spacial score (nSPS) is 16.2. The number of halogens is 1. The van der Waals surface area contributed by atoms with Crippen LogP contribution >= 0.6 is 15.9 Å². The fourth-order valence-electron chi connectivity index (χ4n) is 1.76. The highest BCUT2D eigenvalue weighted by Crippen LogP contribution is 2.34. The van der Waals surface area contributed by atoms with Crippen molar-refractivity contribution in [3.05, 3.63) is 34.3 Å². The van der Waals surface area contributed by atoms with Crippen LogP contribution in [0.25, 0.3) is 5.57 Å². The number of carbonyl (C=O) groups excluding carboxylic acids is 1. The van der Waals surface area contributed by atoms with Gasteiger partial charge in [0.25, 0.3) is 0 Å². The Hall–Kier alpha value is -1.29. The number of benzene rings is 1. The maximum absolute atomic E-state index is 11.4. The SMILES string of the molecule is CCOC(=O)/C=C1\CCOc2cc(Br)ccc21. The van der Waals surface area contributed by atoms with Crippen LogP contribution in [0, 0.1) is 0 Å². The molecule has 17 heavy (non-hydrogen) atoms. The molecule has 0 aromatic heterocycles. The topological polar surface area (TPSA) is 35.5 Å². The lowest BCUT2D eigenvalue weighted by molar-refractivity contribution is -0.137. The summed E-state index contributed by atoms with van der Waals surface area (Å²) in [5, 5.41) is 0. The Morgan fingerprint density at radius 1 is 1.59 bits per heavy atom. The first-order valence-electron chi connectivity index (χ1n) is 5.50. The Labute approximate surface area is 109 Å². The molecule has 1 aromatic rings. The zero-order chi connectivity index (χ0) is 12.3. The summed E-state index contributed by atoms with van der Waals surface area (Å²) < 4.78 is 11.4. The maximum Gasteiger partial charge on any atom is 0.331 e. The van der Waals surface area contributed by atoms with Crippen LogP contribution in [-0.2, 0) is 9.53 Å². The summed E-state index contributed by atoms with van der Waals surface area (Å²) in [7, 11) is 0. The smallest absolute Gasteiger partial charge is 0.331 e. The summed E-state index contributed by atoms with van der Waals surface area (Å²) in [5.41, 5.74) is 1.93. The molecule has 0 N–H and O–H groups in total. The highest BCUT2D eigenvalue weighted by molar-refractivity contribution is 9.10. The van der Waals surface area contributed by atoms with Gasteiger partial charge in [-0.25, -0.2) is 4.79 Å². The van der Waals surface area contributed by atoms with Gasteiger partial charge in [0.15, 0.2) is 0 Å². The molecule has 0 fully saturated rings. The van der Waals surface area contributed by atoms with E-state index in [-0.39, 0.29) is 5.97 Å². The van der Waals surface area contributed by atoms with Crippen LogP contribution in [0.5, 0.6) is 5.75 Å². The summed E-state index contributed by atoms with van der Waals surface area (Å²) >= 11 is 3.39. The van der Waals surface area contributed by atoms with Gasteiger partial charge in [0, 0.05) is 22.5 Å². The first-order chi connectivity index (χ1) is 8.20. The second kappa shape index (κ2) is 5.36. The first-order valence-corrected chi connectivity index (χ1v) is 6.30. The van der Waals surface area contributed by atoms with E-state index < -0.39 is 0 Å². The molecule has 0 aliphatic carbocycles. The molecule has 1 heterocycles. The predicted octanol–water partition coefficient (Wildman–Crippen LogP) is 3.18. The van der Waals surface area contributed by atoms with Crippen LogP contribution in [0.15, 0.2) is 28.7 Å². The minimum absolute atomic E-state index is 0.293. The van der Waals surface area contributed by atoms with Gasteiger partial charge in [0.1, 0.15) is 5.75 Å². The first kappa shape index (κ1) is 12.2. The van der Waals surface area contributed by atoms with E-state index in [2.05, 4.69) is 15.9 Å². The van der Waals surface area contributed by atoms with E-state index in [1.807, 2.05) is 18.2 Å². The van der Waals surface area contributed by atoms with Crippen molar-refractivity contribution in [1.29, 1.82) is 0 Å². The van der Waals surface area contributed by atoms with Gasteiger partial charge in [-0.2, -0.15) is 0 Å². The van der Waals surface area contributed by atoms with Crippen LogP contribution in [0.2, 0.25) is 0 Å². The Morgan fingerprint density at radius 2 is 2.41 bits per heavy atom. The van der Waals surface area contributed by atoms with E-state index in [1.54, 1.807) is 13.0 Å². The zero-order valence-corrected chi connectivity index (χ0v) is 11.1. The quantitative estimate of drug-likeness (QED) is 0.621. The molecule has 0 amide bonds. The van der Waals surface area contributed by atoms with Gasteiger partial charge >= 0.3 is 5.97 Å². The lowest BCUT2D eigenvalue weighted by atomic mass is 9.99. The molecular formula is C13H13BrO3. The molecule has 0 bridgehead atoms. The van der Waals surface area contributed by atoms with E-state index in [0.717, 1.165) is 27.8 Å². The van der Waals surface area contributed by atoms with Crippen molar-refractivity contribution in [1.82, 2.24) is 0 Å². The molecule has 0 saturated heterocycles. The fraction of sp³-hybridized carbons (Fsp3) is 0.308. The number of hydrogen-bond donors (Lipinski definition) is 0. The molecule has 0 spiro atoms. The van der Waals surface area contributed by atoms with Gasteiger partial charge in [0.05, 0.1) is 13.2 Å². The Balaban J connectivity index is 2.31. The molecule has 1 aliphatic heterocycles. The lowest BCUT2D eigenvalue weighted by Gasteiger charge is -2.20. The van der Waals surface area contributed by atoms with Crippen molar-refractivity contribution < 1.29 is 14.3 Å². The van der Waals surface area contributed by atoms with Gasteiger partial charge in [0.2, 0.25) is 0 Å². The van der Waals surface area contributed by atoms with Crippen molar-refractivity contribution >= 4 is 27.5 Å². The van der Waals surface area contributed by atoms with E-state index in [4.69, 9.17) is 9.47 Å². The molecule has 4 heteroatoms. The number of hydrogen-bond acceptors (Lipinski definition) is 3. The fourth-order valence-corrected chi connectivity index (χ4v) is 2.10. The predicted molar refractivity (Wildman–Crippen MR) is 68.9 cm³/mol. The lowest BCUT2D eigenvalue weighted by Crippen LogP contribution is -2.09. The van der Waals surface area contributed by atoms with Crippen molar-refractivity contribution in [2.75, 3.05) is 13.2 Å². The molecule has 2 rings (SSSR count). The molecule has 3 nitrogen and oxygen atoms in total. The summed E-state index contributed by atoms with van der Waals surface area (Å²) in [6.45, 7) is 2.78. The second-order valence-corrected chi connectivity index (χ2v) is 4.58. The molecule has 0 radical (unpaired) electrons. The van der Waals surface area contributed by atoms with Crippen LogP contribution in [-0.4, -0.2) is 19.2 Å². The molecular weight excluding hydrogens is 284 g/mol. The van der Waals surface area contributed by atoms with Gasteiger partial charge in [-0.15, -0.1) is 0 Å². The van der Waals surface area contributed by atoms with Crippen LogP contribution < -0.4 is 4.74 Å². The Bertz CT molecular complexity index is 466. The molecule has 1 aromatic carbocycles. The largest absolute Gasteiger partial charge is 0.493 e. The van der Waals surface area contributed by atoms with Gasteiger partial charge < -0.3 is 9.47 Å². The average molecular weight is 297 g/mol. The third-order valence-corrected chi connectivity index (χ3v) is 2.99. The number of fused-ring (bicyclic) bond motifs is 1. The third kappa shape index (κ3) is 2.88. The number of carbonyl (C=O) groups is 1. The summed E-state index contributed by atoms with van der Waals surface area (Å²) in [4.78, 5) is 11.4. The third-order valence-electron chi connectivity index (χ3n) is 2.50. The average Bonchev–Trinajstić information content (AvgIpc) is 2.29. The monoisotopic (exact) mass is 296 g/mol. The van der Waals surface area contributed by atoms with Gasteiger partial charge in [-0.1, -0.05) is 15.9 Å². The Morgan fingerprint density at radius 3 is 3.18 bits per heavy atom. The van der Waals surface area contributed by atoms with Crippen molar-refractivity contribution in [2.24, 2.45) is 0 Å².